The third-order valence-corrected chi connectivity index (χ3v) is 6.05. The summed E-state index contributed by atoms with van der Waals surface area (Å²) in [5.74, 6) is -0.0110. The summed E-state index contributed by atoms with van der Waals surface area (Å²) in [7, 11) is 0. The lowest BCUT2D eigenvalue weighted by atomic mass is 10.1. The molecular formula is C21H14ClF6N5OS. The number of alkyl halides is 6. The zero-order valence-corrected chi connectivity index (χ0v) is 19.0. The van der Waals surface area contributed by atoms with Gasteiger partial charge in [0.1, 0.15) is 16.6 Å². The molecule has 0 fully saturated rings. The van der Waals surface area contributed by atoms with E-state index in [0.29, 0.717) is 10.6 Å². The van der Waals surface area contributed by atoms with E-state index in [2.05, 4.69) is 15.3 Å². The van der Waals surface area contributed by atoms with Crippen molar-refractivity contribution in [2.24, 2.45) is 0 Å². The Balaban J connectivity index is 1.69. The molecule has 2 heterocycles. The summed E-state index contributed by atoms with van der Waals surface area (Å²) in [5, 5.41) is 12.3. The second kappa shape index (κ2) is 9.46. The Morgan fingerprint density at radius 1 is 0.943 bits per heavy atom. The molecule has 14 heteroatoms. The lowest BCUT2D eigenvalue weighted by molar-refractivity contribution is -0.137. The quantitative estimate of drug-likeness (QED) is 0.289. The van der Waals surface area contributed by atoms with Gasteiger partial charge in [-0.3, -0.25) is 4.57 Å². The summed E-state index contributed by atoms with van der Waals surface area (Å²) in [5.41, 5.74) is -1.52. The number of hydrogen-bond acceptors (Lipinski definition) is 5. The van der Waals surface area contributed by atoms with Crippen LogP contribution in [0.2, 0.25) is 5.02 Å². The van der Waals surface area contributed by atoms with Gasteiger partial charge < -0.3 is 0 Å². The fraction of sp³-hybridized carbons (Fsp3) is 0.238. The average Bonchev–Trinajstić information content (AvgIpc) is 3.37. The molecule has 0 amide bonds. The maximum absolute atomic E-state index is 13.3. The molecule has 4 aromatic rings. The molecular weight excluding hydrogens is 520 g/mol. The van der Waals surface area contributed by atoms with Gasteiger partial charge >= 0.3 is 18.0 Å². The number of aromatic nitrogens is 5. The highest BCUT2D eigenvalue weighted by molar-refractivity contribution is 7.14. The zero-order chi connectivity index (χ0) is 25.4. The molecule has 0 atom stereocenters. The Hall–Kier alpha value is -3.19. The first-order valence-electron chi connectivity index (χ1n) is 9.92. The molecule has 2 aromatic heterocycles. The lowest BCUT2D eigenvalue weighted by Gasteiger charge is -2.09. The van der Waals surface area contributed by atoms with Gasteiger partial charge in [0.05, 0.1) is 12.0 Å². The van der Waals surface area contributed by atoms with Gasteiger partial charge in [-0.05, 0) is 30.3 Å². The molecule has 0 aliphatic rings. The number of rotatable bonds is 6. The molecule has 0 bridgehead atoms. The first-order chi connectivity index (χ1) is 16.4. The predicted octanol–water partition coefficient (Wildman–Crippen LogP) is 5.90. The van der Waals surface area contributed by atoms with Crippen LogP contribution in [0.4, 0.5) is 26.3 Å². The van der Waals surface area contributed by atoms with E-state index in [9.17, 15) is 31.1 Å². The van der Waals surface area contributed by atoms with Crippen molar-refractivity contribution >= 4 is 22.9 Å². The smallest absolute Gasteiger partial charge is 0.275 e. The van der Waals surface area contributed by atoms with Crippen LogP contribution >= 0.6 is 22.9 Å². The Morgan fingerprint density at radius 3 is 2.29 bits per heavy atom. The molecule has 6 nitrogen and oxygen atoms in total. The van der Waals surface area contributed by atoms with Crippen LogP contribution in [0, 0.1) is 0 Å². The highest BCUT2D eigenvalue weighted by Crippen LogP contribution is 2.37. The van der Waals surface area contributed by atoms with E-state index < -0.39 is 36.6 Å². The zero-order valence-electron chi connectivity index (χ0n) is 17.4. The lowest BCUT2D eigenvalue weighted by Crippen LogP contribution is -2.27. The minimum Gasteiger partial charge on any atom is -0.275 e. The van der Waals surface area contributed by atoms with E-state index in [-0.39, 0.29) is 27.9 Å². The highest BCUT2D eigenvalue weighted by atomic mass is 35.5. The van der Waals surface area contributed by atoms with E-state index >= 15 is 0 Å². The third kappa shape index (κ3) is 5.73. The summed E-state index contributed by atoms with van der Waals surface area (Å²) in [4.78, 5) is 12.9. The predicted molar refractivity (Wildman–Crippen MR) is 117 cm³/mol. The summed E-state index contributed by atoms with van der Waals surface area (Å²) in [6, 6.07) is 10.9. The van der Waals surface area contributed by atoms with Gasteiger partial charge in [-0.25, -0.2) is 9.48 Å². The maximum Gasteiger partial charge on any atom is 0.417 e. The maximum atomic E-state index is 13.3. The summed E-state index contributed by atoms with van der Waals surface area (Å²) >= 11 is 6.69. The van der Waals surface area contributed by atoms with Gasteiger partial charge in [0.2, 0.25) is 0 Å². The van der Waals surface area contributed by atoms with Gasteiger partial charge in [0.15, 0.2) is 5.82 Å². The van der Waals surface area contributed by atoms with Gasteiger partial charge in [-0.1, -0.05) is 41.1 Å². The number of hydrogen-bond donors (Lipinski definition) is 0. The van der Waals surface area contributed by atoms with Crippen LogP contribution in [0.25, 0.3) is 22.0 Å². The molecule has 184 valence electrons. The number of halogens is 7. The molecule has 4 rings (SSSR count). The molecule has 0 spiro atoms. The largest absolute Gasteiger partial charge is 0.417 e. The first-order valence-corrected chi connectivity index (χ1v) is 11.1. The number of nitrogens with zero attached hydrogens (tertiary/aromatic N) is 5. The Morgan fingerprint density at radius 2 is 1.63 bits per heavy atom. The summed E-state index contributed by atoms with van der Waals surface area (Å²) < 4.78 is 80.3. The Kier molecular flexibility index (Phi) is 6.73. The Labute approximate surface area is 202 Å². The van der Waals surface area contributed by atoms with Gasteiger partial charge in [0, 0.05) is 22.7 Å². The summed E-state index contributed by atoms with van der Waals surface area (Å²) in [6.45, 7) is -0.953. The standard InChI is InChI=1S/C21H14ClF6N5OS/c22-13-7-5-12(6-8-13)17-31-33(19(34)32(17)10-9-20(23,24)25)11-16-29-30-18(35-16)14-3-1-2-4-15(14)21(26,27)28/h1-8H,9-11H2. The van der Waals surface area contributed by atoms with Crippen LogP contribution in [0.5, 0.6) is 0 Å². The van der Waals surface area contributed by atoms with E-state index in [0.717, 1.165) is 26.7 Å². The molecule has 0 saturated carbocycles. The SMILES string of the molecule is O=c1n(Cc2nnc(-c3ccccc3C(F)(F)F)s2)nc(-c2ccc(Cl)cc2)n1CCC(F)(F)F. The summed E-state index contributed by atoms with van der Waals surface area (Å²) in [6.07, 6.45) is -10.4. The van der Waals surface area contributed by atoms with Crippen molar-refractivity contribution in [3.63, 3.8) is 0 Å². The third-order valence-electron chi connectivity index (χ3n) is 4.86. The molecule has 35 heavy (non-hydrogen) atoms. The van der Waals surface area contributed by atoms with Crippen LogP contribution in [0.1, 0.15) is 17.0 Å². The number of benzene rings is 2. The average molecular weight is 534 g/mol. The van der Waals surface area contributed by atoms with Crippen molar-refractivity contribution in [1.82, 2.24) is 24.5 Å². The molecule has 0 aliphatic carbocycles. The van der Waals surface area contributed by atoms with Crippen molar-refractivity contribution < 1.29 is 26.3 Å². The second-order valence-corrected chi connectivity index (χ2v) is 8.83. The fourth-order valence-corrected chi connectivity index (χ4v) is 4.26. The monoisotopic (exact) mass is 533 g/mol. The van der Waals surface area contributed by atoms with Crippen LogP contribution in [-0.4, -0.2) is 30.7 Å². The van der Waals surface area contributed by atoms with Crippen LogP contribution < -0.4 is 5.69 Å². The minimum atomic E-state index is -4.61. The van der Waals surface area contributed by atoms with E-state index in [1.54, 1.807) is 0 Å². The van der Waals surface area contributed by atoms with Crippen molar-refractivity contribution in [2.45, 2.75) is 31.9 Å². The molecule has 0 aliphatic heterocycles. The molecule has 0 radical (unpaired) electrons. The second-order valence-electron chi connectivity index (χ2n) is 7.33. The van der Waals surface area contributed by atoms with Crippen molar-refractivity contribution in [3.05, 3.63) is 74.6 Å². The van der Waals surface area contributed by atoms with Crippen molar-refractivity contribution in [3.8, 4) is 22.0 Å². The van der Waals surface area contributed by atoms with Crippen LogP contribution in [0.3, 0.4) is 0 Å². The molecule has 0 N–H and O–H groups in total. The van der Waals surface area contributed by atoms with Crippen LogP contribution in [0.15, 0.2) is 53.3 Å². The highest BCUT2D eigenvalue weighted by Gasteiger charge is 2.34. The van der Waals surface area contributed by atoms with E-state index in [4.69, 9.17) is 11.6 Å². The van der Waals surface area contributed by atoms with Gasteiger partial charge in [-0.15, -0.1) is 15.3 Å². The Bertz CT molecular complexity index is 1390. The van der Waals surface area contributed by atoms with Crippen molar-refractivity contribution in [2.75, 3.05) is 0 Å². The normalized spacial score (nSPS) is 12.3. The van der Waals surface area contributed by atoms with Gasteiger partial charge in [-0.2, -0.15) is 26.3 Å². The minimum absolute atomic E-state index is 0.0110. The van der Waals surface area contributed by atoms with E-state index in [1.165, 1.54) is 42.5 Å². The fourth-order valence-electron chi connectivity index (χ4n) is 3.27. The van der Waals surface area contributed by atoms with E-state index in [1.807, 2.05) is 0 Å². The molecule has 0 saturated heterocycles. The van der Waals surface area contributed by atoms with Crippen molar-refractivity contribution in [1.29, 1.82) is 0 Å². The topological polar surface area (TPSA) is 65.6 Å². The van der Waals surface area contributed by atoms with Crippen LogP contribution in [-0.2, 0) is 19.3 Å². The molecule has 0 unspecified atom stereocenters. The molecule has 2 aromatic carbocycles. The van der Waals surface area contributed by atoms with Gasteiger partial charge in [0.25, 0.3) is 0 Å². The first kappa shape index (κ1) is 24.9.